The van der Waals surface area contributed by atoms with Gasteiger partial charge in [-0.15, -0.1) is 0 Å². The third kappa shape index (κ3) is 2.94. The molecule has 1 aliphatic heterocycles. The summed E-state index contributed by atoms with van der Waals surface area (Å²) in [4.78, 5) is 4.36. The van der Waals surface area contributed by atoms with Gasteiger partial charge in [-0.2, -0.15) is 0 Å². The Labute approximate surface area is 137 Å². The molecule has 0 atom stereocenters. The number of aromatic nitrogens is 1. The number of rotatable bonds is 3. The smallest absolute Gasteiger partial charge is 0.441 e. The van der Waals surface area contributed by atoms with Gasteiger partial charge in [-0.1, -0.05) is 12.1 Å². The SMILES string of the molecule is Cc1nc2cc(C=C(CN)B3OC(C)(C)C(C)(C)O3)ccc2o1. The van der Waals surface area contributed by atoms with Crippen molar-refractivity contribution in [3.63, 3.8) is 0 Å². The first-order chi connectivity index (χ1) is 10.7. The number of oxazole rings is 1. The quantitative estimate of drug-likeness (QED) is 0.882. The lowest BCUT2D eigenvalue weighted by Gasteiger charge is -2.32. The van der Waals surface area contributed by atoms with Crippen LogP contribution in [-0.2, 0) is 9.31 Å². The summed E-state index contributed by atoms with van der Waals surface area (Å²) < 4.78 is 17.7. The van der Waals surface area contributed by atoms with Gasteiger partial charge < -0.3 is 19.5 Å². The molecule has 6 heteroatoms. The summed E-state index contributed by atoms with van der Waals surface area (Å²) in [5.41, 5.74) is 8.70. The van der Waals surface area contributed by atoms with E-state index in [-0.39, 0.29) is 11.2 Å². The number of hydrogen-bond donors (Lipinski definition) is 1. The maximum absolute atomic E-state index is 6.08. The Balaban J connectivity index is 1.92. The van der Waals surface area contributed by atoms with Gasteiger partial charge in [0.2, 0.25) is 0 Å². The van der Waals surface area contributed by atoms with Gasteiger partial charge in [0.15, 0.2) is 11.5 Å². The Bertz CT molecular complexity index is 748. The average Bonchev–Trinajstić information content (AvgIpc) is 2.91. The van der Waals surface area contributed by atoms with Crippen LogP contribution in [0.4, 0.5) is 0 Å². The first kappa shape index (κ1) is 16.2. The van der Waals surface area contributed by atoms with Crippen molar-refractivity contribution >= 4 is 24.3 Å². The largest absolute Gasteiger partial charge is 0.491 e. The van der Waals surface area contributed by atoms with Gasteiger partial charge in [0.05, 0.1) is 11.2 Å². The van der Waals surface area contributed by atoms with Crippen LogP contribution in [0.15, 0.2) is 28.1 Å². The molecule has 23 heavy (non-hydrogen) atoms. The van der Waals surface area contributed by atoms with E-state index in [9.17, 15) is 0 Å². The molecule has 1 aliphatic rings. The molecular weight excluding hydrogens is 291 g/mol. The second-order valence-corrected chi connectivity index (χ2v) is 6.97. The molecule has 0 aliphatic carbocycles. The second kappa shape index (κ2) is 5.48. The van der Waals surface area contributed by atoms with Crippen molar-refractivity contribution in [3.05, 3.63) is 35.1 Å². The molecule has 0 unspecified atom stereocenters. The lowest BCUT2D eigenvalue weighted by Crippen LogP contribution is -2.41. The topological polar surface area (TPSA) is 70.5 Å². The van der Waals surface area contributed by atoms with Crippen LogP contribution in [0.1, 0.15) is 39.1 Å². The van der Waals surface area contributed by atoms with Gasteiger partial charge in [0, 0.05) is 13.5 Å². The van der Waals surface area contributed by atoms with Gasteiger partial charge in [-0.05, 0) is 50.9 Å². The van der Waals surface area contributed by atoms with E-state index in [1.165, 1.54) is 0 Å². The summed E-state index contributed by atoms with van der Waals surface area (Å²) in [7, 11) is -0.431. The summed E-state index contributed by atoms with van der Waals surface area (Å²) >= 11 is 0. The van der Waals surface area contributed by atoms with Gasteiger partial charge in [0.1, 0.15) is 5.52 Å². The Kier molecular flexibility index (Phi) is 3.87. The molecule has 122 valence electrons. The van der Waals surface area contributed by atoms with Crippen LogP contribution in [0.5, 0.6) is 0 Å². The predicted octanol–water partition coefficient (Wildman–Crippen LogP) is 3.11. The first-order valence-electron chi connectivity index (χ1n) is 7.85. The van der Waals surface area contributed by atoms with Crippen molar-refractivity contribution in [2.75, 3.05) is 6.54 Å². The predicted molar refractivity (Wildman–Crippen MR) is 91.9 cm³/mol. The molecule has 0 radical (unpaired) electrons. The maximum Gasteiger partial charge on any atom is 0.491 e. The molecule has 1 saturated heterocycles. The molecule has 3 rings (SSSR count). The molecule has 5 nitrogen and oxygen atoms in total. The van der Waals surface area contributed by atoms with E-state index in [4.69, 9.17) is 19.5 Å². The van der Waals surface area contributed by atoms with Crippen molar-refractivity contribution in [3.8, 4) is 0 Å². The highest BCUT2D eigenvalue weighted by molar-refractivity contribution is 6.55. The highest BCUT2D eigenvalue weighted by Gasteiger charge is 2.52. The Morgan fingerprint density at radius 3 is 2.48 bits per heavy atom. The summed E-state index contributed by atoms with van der Waals surface area (Å²) in [5, 5.41) is 0. The number of benzene rings is 1. The summed E-state index contributed by atoms with van der Waals surface area (Å²) in [6, 6.07) is 5.88. The van der Waals surface area contributed by atoms with E-state index in [2.05, 4.69) is 4.98 Å². The fourth-order valence-electron chi connectivity index (χ4n) is 2.58. The fraction of sp³-hybridized carbons (Fsp3) is 0.471. The van der Waals surface area contributed by atoms with E-state index in [1.807, 2.05) is 58.9 Å². The van der Waals surface area contributed by atoms with Crippen molar-refractivity contribution < 1.29 is 13.7 Å². The third-order valence-corrected chi connectivity index (χ3v) is 4.66. The van der Waals surface area contributed by atoms with Crippen molar-refractivity contribution in [2.45, 2.75) is 45.8 Å². The zero-order valence-electron chi connectivity index (χ0n) is 14.3. The van der Waals surface area contributed by atoms with E-state index in [0.29, 0.717) is 12.4 Å². The van der Waals surface area contributed by atoms with E-state index in [1.54, 1.807) is 0 Å². The van der Waals surface area contributed by atoms with Crippen LogP contribution in [-0.4, -0.2) is 29.8 Å². The van der Waals surface area contributed by atoms with Gasteiger partial charge in [0.25, 0.3) is 0 Å². The average molecular weight is 314 g/mol. The normalized spacial score (nSPS) is 20.4. The molecule has 1 aromatic carbocycles. The Morgan fingerprint density at radius 1 is 1.22 bits per heavy atom. The highest BCUT2D eigenvalue weighted by Crippen LogP contribution is 2.38. The van der Waals surface area contributed by atoms with Crippen molar-refractivity contribution in [1.82, 2.24) is 4.98 Å². The van der Waals surface area contributed by atoms with Crippen molar-refractivity contribution in [2.24, 2.45) is 5.73 Å². The molecule has 0 amide bonds. The van der Waals surface area contributed by atoms with Gasteiger partial charge >= 0.3 is 7.12 Å². The van der Waals surface area contributed by atoms with E-state index < -0.39 is 7.12 Å². The second-order valence-electron chi connectivity index (χ2n) is 6.97. The standard InChI is InChI=1S/C17H23BN2O3/c1-11-20-14-9-12(6-7-15(14)21-11)8-13(10-19)18-22-16(2,3)17(4,5)23-18/h6-9H,10,19H2,1-5H3. The van der Waals surface area contributed by atoms with Crippen LogP contribution >= 0.6 is 0 Å². The molecule has 2 N–H and O–H groups in total. The number of nitrogens with zero attached hydrogens (tertiary/aromatic N) is 1. The Morgan fingerprint density at radius 2 is 1.87 bits per heavy atom. The molecule has 0 spiro atoms. The minimum Gasteiger partial charge on any atom is -0.441 e. The van der Waals surface area contributed by atoms with Crippen LogP contribution < -0.4 is 5.73 Å². The molecule has 2 heterocycles. The summed E-state index contributed by atoms with van der Waals surface area (Å²) in [6.07, 6.45) is 2.01. The number of nitrogens with two attached hydrogens (primary N) is 1. The van der Waals surface area contributed by atoms with Crippen LogP contribution in [0, 0.1) is 6.92 Å². The minimum atomic E-state index is -0.431. The molecule has 1 fully saturated rings. The first-order valence-corrected chi connectivity index (χ1v) is 7.85. The van der Waals surface area contributed by atoms with Gasteiger partial charge in [-0.25, -0.2) is 4.98 Å². The summed E-state index contributed by atoms with van der Waals surface area (Å²) in [6.45, 7) is 10.3. The molecule has 0 saturated carbocycles. The zero-order valence-corrected chi connectivity index (χ0v) is 14.3. The zero-order chi connectivity index (χ0) is 16.8. The van der Waals surface area contributed by atoms with Crippen LogP contribution in [0.2, 0.25) is 0 Å². The van der Waals surface area contributed by atoms with E-state index in [0.717, 1.165) is 22.1 Å². The third-order valence-electron chi connectivity index (χ3n) is 4.66. The number of fused-ring (bicyclic) bond motifs is 1. The lowest BCUT2D eigenvalue weighted by molar-refractivity contribution is 0.00578. The molecule has 2 aromatic rings. The van der Waals surface area contributed by atoms with Crippen LogP contribution in [0.25, 0.3) is 17.2 Å². The van der Waals surface area contributed by atoms with Crippen molar-refractivity contribution in [1.29, 1.82) is 0 Å². The maximum atomic E-state index is 6.08. The molecule has 0 bridgehead atoms. The Hall–Kier alpha value is -1.63. The summed E-state index contributed by atoms with van der Waals surface area (Å²) in [5.74, 6) is 0.658. The number of aryl methyl sites for hydroxylation is 1. The number of hydrogen-bond acceptors (Lipinski definition) is 5. The fourth-order valence-corrected chi connectivity index (χ4v) is 2.58. The monoisotopic (exact) mass is 314 g/mol. The van der Waals surface area contributed by atoms with Crippen LogP contribution in [0.3, 0.4) is 0 Å². The minimum absolute atomic E-state index is 0.368. The lowest BCUT2D eigenvalue weighted by atomic mass is 9.77. The molecule has 1 aromatic heterocycles. The molecular formula is C17H23BN2O3. The van der Waals surface area contributed by atoms with E-state index >= 15 is 0 Å². The highest BCUT2D eigenvalue weighted by atomic mass is 16.7. The van der Waals surface area contributed by atoms with Gasteiger partial charge in [-0.3, -0.25) is 0 Å².